The molecule has 1 nitrogen and oxygen atoms in total. The minimum atomic E-state index is 0.715. The summed E-state index contributed by atoms with van der Waals surface area (Å²) in [6, 6.07) is 4.13. The molecule has 1 heterocycles. The molecule has 0 spiro atoms. The molecular weight excluding hydrogens is 154 g/mol. The molecule has 0 bridgehead atoms. The summed E-state index contributed by atoms with van der Waals surface area (Å²) in [4.78, 5) is 2.44. The van der Waals surface area contributed by atoms with Gasteiger partial charge >= 0.3 is 0 Å². The maximum atomic E-state index is 7.02. The largest absolute Gasteiger partial charge is 0.307 e. The smallest absolute Gasteiger partial charge is 0.0448 e. The predicted octanol–water partition coefficient (Wildman–Crippen LogP) is 2.94. The van der Waals surface area contributed by atoms with E-state index in [1.54, 1.807) is 11.3 Å². The Bertz CT molecular complexity index is 237. The third-order valence-corrected chi connectivity index (χ3v) is 2.49. The maximum Gasteiger partial charge on any atom is 0.0448 e. The lowest BCUT2D eigenvalue weighted by Crippen LogP contribution is -1.89. The first-order valence-electron chi connectivity index (χ1n) is 3.81. The van der Waals surface area contributed by atoms with Crippen molar-refractivity contribution >= 4 is 17.6 Å². The van der Waals surface area contributed by atoms with E-state index in [-0.39, 0.29) is 0 Å². The fraction of sp³-hybridized carbons (Fsp3) is 0.444. The summed E-state index contributed by atoms with van der Waals surface area (Å²) in [5.41, 5.74) is 0. The third kappa shape index (κ3) is 2.46. The van der Waals surface area contributed by atoms with Gasteiger partial charge < -0.3 is 5.41 Å². The van der Waals surface area contributed by atoms with Gasteiger partial charge in [0.15, 0.2) is 0 Å². The Labute approximate surface area is 71.6 Å². The molecule has 0 aromatic carbocycles. The van der Waals surface area contributed by atoms with Gasteiger partial charge in [0, 0.05) is 16.0 Å². The zero-order valence-electron chi connectivity index (χ0n) is 6.92. The Morgan fingerprint density at radius 3 is 2.73 bits per heavy atom. The van der Waals surface area contributed by atoms with Crippen molar-refractivity contribution in [2.24, 2.45) is 5.92 Å². The van der Waals surface area contributed by atoms with Crippen LogP contribution in [0.2, 0.25) is 0 Å². The van der Waals surface area contributed by atoms with Crippen molar-refractivity contribution in [3.05, 3.63) is 21.9 Å². The molecule has 0 radical (unpaired) electrons. The Morgan fingerprint density at radius 2 is 2.27 bits per heavy atom. The fourth-order valence-corrected chi connectivity index (χ4v) is 2.03. The van der Waals surface area contributed by atoms with E-state index in [4.69, 9.17) is 5.41 Å². The highest BCUT2D eigenvalue weighted by Crippen LogP contribution is 2.17. The first kappa shape index (κ1) is 8.47. The monoisotopic (exact) mass is 167 g/mol. The molecule has 0 aliphatic carbocycles. The number of hydrogen-bond acceptors (Lipinski definition) is 2. The van der Waals surface area contributed by atoms with Gasteiger partial charge in [0.05, 0.1) is 0 Å². The van der Waals surface area contributed by atoms with Crippen LogP contribution in [-0.2, 0) is 6.42 Å². The lowest BCUT2D eigenvalue weighted by molar-refractivity contribution is 0.654. The average molecular weight is 167 g/mol. The molecular formula is C9H13NS. The van der Waals surface area contributed by atoms with Crippen LogP contribution < -0.4 is 0 Å². The highest BCUT2D eigenvalue weighted by Gasteiger charge is 1.99. The molecule has 0 saturated carbocycles. The Hall–Kier alpha value is -0.630. The lowest BCUT2D eigenvalue weighted by atomic mass is 10.1. The van der Waals surface area contributed by atoms with Crippen LogP contribution in [0.25, 0.3) is 0 Å². The molecule has 2 heteroatoms. The zero-order valence-corrected chi connectivity index (χ0v) is 7.74. The summed E-state index contributed by atoms with van der Waals surface area (Å²) in [6.07, 6.45) is 2.55. The van der Waals surface area contributed by atoms with Gasteiger partial charge in [-0.2, -0.15) is 0 Å². The van der Waals surface area contributed by atoms with Crippen LogP contribution in [0.4, 0.5) is 0 Å². The van der Waals surface area contributed by atoms with E-state index < -0.39 is 0 Å². The van der Waals surface area contributed by atoms with E-state index in [0.717, 1.165) is 11.3 Å². The van der Waals surface area contributed by atoms with Gasteiger partial charge in [-0.1, -0.05) is 13.8 Å². The van der Waals surface area contributed by atoms with E-state index in [1.807, 2.05) is 6.07 Å². The molecule has 0 unspecified atom stereocenters. The molecule has 1 aromatic rings. The minimum absolute atomic E-state index is 0.715. The lowest BCUT2D eigenvalue weighted by Gasteiger charge is -1.98. The van der Waals surface area contributed by atoms with E-state index in [9.17, 15) is 0 Å². The summed E-state index contributed by atoms with van der Waals surface area (Å²) in [7, 11) is 0. The van der Waals surface area contributed by atoms with Crippen molar-refractivity contribution in [3.63, 3.8) is 0 Å². The van der Waals surface area contributed by atoms with E-state index >= 15 is 0 Å². The normalized spacial score (nSPS) is 10.5. The molecule has 60 valence electrons. The molecule has 0 aliphatic rings. The zero-order chi connectivity index (χ0) is 8.27. The summed E-state index contributed by atoms with van der Waals surface area (Å²) in [5, 5.41) is 7.02. The van der Waals surface area contributed by atoms with Crippen molar-refractivity contribution in [2.75, 3.05) is 0 Å². The van der Waals surface area contributed by atoms with Crippen LogP contribution >= 0.6 is 11.3 Å². The first-order chi connectivity index (χ1) is 5.22. The van der Waals surface area contributed by atoms with E-state index in [1.165, 1.54) is 11.1 Å². The summed E-state index contributed by atoms with van der Waals surface area (Å²) >= 11 is 1.72. The van der Waals surface area contributed by atoms with Crippen molar-refractivity contribution in [1.82, 2.24) is 0 Å². The van der Waals surface area contributed by atoms with Gasteiger partial charge in [0.1, 0.15) is 0 Å². The first-order valence-corrected chi connectivity index (χ1v) is 4.63. The molecule has 0 fully saturated rings. The van der Waals surface area contributed by atoms with E-state index in [2.05, 4.69) is 19.9 Å². The molecule has 0 amide bonds. The second-order valence-corrected chi connectivity index (χ2v) is 4.25. The quantitative estimate of drug-likeness (QED) is 0.669. The SMILES string of the molecule is CC(C)Cc1ccc(C=N)s1. The highest BCUT2D eigenvalue weighted by molar-refractivity contribution is 7.13. The molecule has 1 rings (SSSR count). The van der Waals surface area contributed by atoms with Crippen LogP contribution in [0.1, 0.15) is 23.6 Å². The Balaban J connectivity index is 2.65. The number of thiophene rings is 1. The number of nitrogens with one attached hydrogen (secondary N) is 1. The second kappa shape index (κ2) is 3.67. The highest BCUT2D eigenvalue weighted by atomic mass is 32.1. The second-order valence-electron chi connectivity index (χ2n) is 3.05. The number of rotatable bonds is 3. The average Bonchev–Trinajstić information content (AvgIpc) is 2.34. The Morgan fingerprint density at radius 1 is 1.55 bits per heavy atom. The van der Waals surface area contributed by atoms with Crippen molar-refractivity contribution in [1.29, 1.82) is 5.41 Å². The van der Waals surface area contributed by atoms with Gasteiger partial charge in [-0.25, -0.2) is 0 Å². The molecule has 0 aliphatic heterocycles. The third-order valence-electron chi connectivity index (χ3n) is 1.43. The summed E-state index contributed by atoms with van der Waals surface area (Å²) in [6.45, 7) is 4.42. The molecule has 1 N–H and O–H groups in total. The molecule has 0 atom stereocenters. The van der Waals surface area contributed by atoms with Crippen LogP contribution in [0.3, 0.4) is 0 Å². The van der Waals surface area contributed by atoms with Crippen LogP contribution in [-0.4, -0.2) is 6.21 Å². The van der Waals surface area contributed by atoms with Gasteiger partial charge in [0.2, 0.25) is 0 Å². The van der Waals surface area contributed by atoms with Crippen LogP contribution in [0, 0.1) is 11.3 Å². The molecule has 1 aromatic heterocycles. The fourth-order valence-electron chi connectivity index (χ4n) is 0.984. The van der Waals surface area contributed by atoms with Crippen LogP contribution in [0.5, 0.6) is 0 Å². The summed E-state index contributed by atoms with van der Waals surface area (Å²) in [5.74, 6) is 0.715. The van der Waals surface area contributed by atoms with Crippen molar-refractivity contribution in [3.8, 4) is 0 Å². The van der Waals surface area contributed by atoms with Crippen molar-refractivity contribution in [2.45, 2.75) is 20.3 Å². The van der Waals surface area contributed by atoms with Crippen molar-refractivity contribution < 1.29 is 0 Å². The molecule has 11 heavy (non-hydrogen) atoms. The predicted molar refractivity (Wildman–Crippen MR) is 50.7 cm³/mol. The minimum Gasteiger partial charge on any atom is -0.307 e. The standard InChI is InChI=1S/C9H13NS/c1-7(2)5-8-3-4-9(6-10)11-8/h3-4,6-7,10H,5H2,1-2H3. The summed E-state index contributed by atoms with van der Waals surface area (Å²) < 4.78 is 0. The molecule has 0 saturated heterocycles. The van der Waals surface area contributed by atoms with E-state index in [0.29, 0.717) is 5.92 Å². The maximum absolute atomic E-state index is 7.02. The van der Waals surface area contributed by atoms with Gasteiger partial charge in [0.25, 0.3) is 0 Å². The Kier molecular flexibility index (Phi) is 2.83. The topological polar surface area (TPSA) is 23.9 Å². The van der Waals surface area contributed by atoms with Gasteiger partial charge in [-0.05, 0) is 24.5 Å². The number of hydrogen-bond donors (Lipinski definition) is 1. The van der Waals surface area contributed by atoms with Gasteiger partial charge in [-0.15, -0.1) is 11.3 Å². The van der Waals surface area contributed by atoms with Gasteiger partial charge in [-0.3, -0.25) is 0 Å². The van der Waals surface area contributed by atoms with Crippen LogP contribution in [0.15, 0.2) is 12.1 Å².